The number of carbonyl (C=O) groups excluding carboxylic acids is 2. The number of rotatable bonds is 4. The molecule has 2 aliphatic carbocycles. The largest absolute Gasteiger partial charge is 0.497 e. The van der Waals surface area contributed by atoms with E-state index >= 15 is 0 Å². The second-order valence-electron chi connectivity index (χ2n) is 9.49. The Morgan fingerprint density at radius 1 is 1.00 bits per heavy atom. The number of carbonyl (C=O) groups is 2. The van der Waals surface area contributed by atoms with Crippen LogP contribution in [0.1, 0.15) is 52.9 Å². The Morgan fingerprint density at radius 3 is 2.46 bits per heavy atom. The normalized spacial score (nSPS) is 17.1. The lowest BCUT2D eigenvalue weighted by molar-refractivity contribution is -0.130. The molecule has 0 unspecified atom stereocenters. The molecule has 0 radical (unpaired) electrons. The Labute approximate surface area is 203 Å². The summed E-state index contributed by atoms with van der Waals surface area (Å²) in [7, 11) is 1.67. The minimum absolute atomic E-state index is 0.0330. The van der Waals surface area contributed by atoms with Crippen molar-refractivity contribution in [1.82, 2.24) is 29.5 Å². The molecule has 3 heterocycles. The first kappa shape index (κ1) is 21.8. The van der Waals surface area contributed by atoms with Crippen molar-refractivity contribution >= 4 is 11.8 Å². The smallest absolute Gasteiger partial charge is 0.257 e. The van der Waals surface area contributed by atoms with Crippen molar-refractivity contribution in [3.63, 3.8) is 0 Å². The van der Waals surface area contributed by atoms with Crippen molar-refractivity contribution in [1.29, 1.82) is 0 Å². The Kier molecular flexibility index (Phi) is 5.27. The van der Waals surface area contributed by atoms with E-state index in [1.807, 2.05) is 23.2 Å². The van der Waals surface area contributed by atoms with Gasteiger partial charge in [-0.05, 0) is 48.9 Å². The standard InChI is InChI=1S/C26H28N6O3/c1-16(33)30-9-11-31(12-10-30)25(34)22-15-28-32(24(22)18-4-5-18)26-27-14-19-6-3-17-7-8-20(35-2)13-21(17)23(19)29-26/h7-8,13-15,18H,3-6,9-12H2,1-2H3. The van der Waals surface area contributed by atoms with Gasteiger partial charge in [0.15, 0.2) is 0 Å². The molecule has 6 rings (SSSR count). The van der Waals surface area contributed by atoms with Gasteiger partial charge < -0.3 is 14.5 Å². The fourth-order valence-electron chi connectivity index (χ4n) is 5.13. The monoisotopic (exact) mass is 472 g/mol. The molecule has 3 aromatic rings. The number of piperazine rings is 1. The molecule has 0 atom stereocenters. The van der Waals surface area contributed by atoms with Gasteiger partial charge in [-0.25, -0.2) is 14.6 Å². The maximum Gasteiger partial charge on any atom is 0.257 e. The van der Waals surface area contributed by atoms with E-state index in [-0.39, 0.29) is 17.7 Å². The Bertz CT molecular complexity index is 1320. The predicted octanol–water partition coefficient (Wildman–Crippen LogP) is 2.62. The zero-order valence-electron chi connectivity index (χ0n) is 20.0. The van der Waals surface area contributed by atoms with Gasteiger partial charge in [0.05, 0.1) is 30.3 Å². The third-order valence-electron chi connectivity index (χ3n) is 7.29. The quantitative estimate of drug-likeness (QED) is 0.580. The summed E-state index contributed by atoms with van der Waals surface area (Å²) in [6, 6.07) is 6.12. The van der Waals surface area contributed by atoms with Crippen molar-refractivity contribution in [2.75, 3.05) is 33.3 Å². The molecule has 1 saturated heterocycles. The molecule has 2 amide bonds. The zero-order chi connectivity index (χ0) is 24.1. The van der Waals surface area contributed by atoms with E-state index in [0.29, 0.717) is 37.7 Å². The number of hydrogen-bond donors (Lipinski definition) is 0. The highest BCUT2D eigenvalue weighted by Gasteiger charge is 2.36. The number of methoxy groups -OCH3 is 1. The van der Waals surface area contributed by atoms with Crippen LogP contribution < -0.4 is 4.74 Å². The molecule has 3 aliphatic rings. The second-order valence-corrected chi connectivity index (χ2v) is 9.49. The summed E-state index contributed by atoms with van der Waals surface area (Å²) in [5.74, 6) is 1.58. The van der Waals surface area contributed by atoms with Crippen LogP contribution in [0.3, 0.4) is 0 Å². The van der Waals surface area contributed by atoms with Gasteiger partial charge in [-0.15, -0.1) is 0 Å². The van der Waals surface area contributed by atoms with Crippen LogP contribution in [0.25, 0.3) is 17.2 Å². The summed E-state index contributed by atoms with van der Waals surface area (Å²) in [5, 5.41) is 4.60. The lowest BCUT2D eigenvalue weighted by Gasteiger charge is -2.34. The van der Waals surface area contributed by atoms with Crippen molar-refractivity contribution in [3.05, 3.63) is 53.0 Å². The number of ether oxygens (including phenoxy) is 1. The van der Waals surface area contributed by atoms with Gasteiger partial charge in [-0.1, -0.05) is 6.07 Å². The minimum atomic E-state index is -0.0330. The average Bonchev–Trinajstić information content (AvgIpc) is 3.65. The SMILES string of the molecule is COc1ccc2c(c1)-c1nc(-n3ncc(C(=O)N4CCN(C(C)=O)CC4)c3C3CC3)ncc1CC2. The van der Waals surface area contributed by atoms with Crippen LogP contribution in [0.4, 0.5) is 0 Å². The van der Waals surface area contributed by atoms with Crippen LogP contribution in [-0.2, 0) is 17.6 Å². The fraction of sp³-hybridized carbons (Fsp3) is 0.423. The number of hydrogen-bond acceptors (Lipinski definition) is 6. The van der Waals surface area contributed by atoms with E-state index in [0.717, 1.165) is 53.9 Å². The number of aromatic nitrogens is 4. The van der Waals surface area contributed by atoms with Gasteiger partial charge in [0.1, 0.15) is 5.75 Å². The molecule has 0 bridgehead atoms. The molecule has 0 spiro atoms. The molecule has 1 aromatic carbocycles. The zero-order valence-corrected chi connectivity index (χ0v) is 20.0. The van der Waals surface area contributed by atoms with Crippen LogP contribution in [0, 0.1) is 0 Å². The van der Waals surface area contributed by atoms with E-state index < -0.39 is 0 Å². The van der Waals surface area contributed by atoms with Crippen LogP contribution in [-0.4, -0.2) is 74.7 Å². The third kappa shape index (κ3) is 3.84. The average molecular weight is 473 g/mol. The number of fused-ring (bicyclic) bond motifs is 3. The highest BCUT2D eigenvalue weighted by Crippen LogP contribution is 2.43. The van der Waals surface area contributed by atoms with Gasteiger partial charge in [0.25, 0.3) is 11.9 Å². The van der Waals surface area contributed by atoms with Crippen molar-refractivity contribution < 1.29 is 14.3 Å². The van der Waals surface area contributed by atoms with Gasteiger partial charge in [-0.3, -0.25) is 9.59 Å². The van der Waals surface area contributed by atoms with E-state index in [9.17, 15) is 9.59 Å². The summed E-state index contributed by atoms with van der Waals surface area (Å²) in [5.41, 5.74) is 5.83. The van der Waals surface area contributed by atoms with E-state index in [4.69, 9.17) is 9.72 Å². The molecule has 9 heteroatoms. The summed E-state index contributed by atoms with van der Waals surface area (Å²) < 4.78 is 7.21. The Balaban J connectivity index is 1.35. The topological polar surface area (TPSA) is 93.5 Å². The number of benzene rings is 1. The summed E-state index contributed by atoms with van der Waals surface area (Å²) in [6.45, 7) is 3.75. The highest BCUT2D eigenvalue weighted by molar-refractivity contribution is 5.95. The molecule has 1 saturated carbocycles. The minimum Gasteiger partial charge on any atom is -0.497 e. The molecular formula is C26H28N6O3. The van der Waals surface area contributed by atoms with Gasteiger partial charge in [0, 0.05) is 50.8 Å². The first-order valence-corrected chi connectivity index (χ1v) is 12.2. The summed E-state index contributed by atoms with van der Waals surface area (Å²) in [4.78, 5) is 38.3. The van der Waals surface area contributed by atoms with Crippen molar-refractivity contribution in [3.8, 4) is 23.0 Å². The summed E-state index contributed by atoms with van der Waals surface area (Å²) in [6.07, 6.45) is 7.43. The fourth-order valence-corrected chi connectivity index (χ4v) is 5.13. The second kappa shape index (κ2) is 8.48. The molecule has 2 fully saturated rings. The van der Waals surface area contributed by atoms with E-state index in [2.05, 4.69) is 16.1 Å². The van der Waals surface area contributed by atoms with E-state index in [1.54, 1.807) is 29.8 Å². The van der Waals surface area contributed by atoms with E-state index in [1.165, 1.54) is 5.56 Å². The number of aryl methyl sites for hydroxylation is 2. The van der Waals surface area contributed by atoms with Gasteiger partial charge in [0.2, 0.25) is 5.91 Å². The van der Waals surface area contributed by atoms with Crippen LogP contribution >= 0.6 is 0 Å². The number of nitrogens with zero attached hydrogens (tertiary/aromatic N) is 6. The molecule has 180 valence electrons. The lowest BCUT2D eigenvalue weighted by atomic mass is 9.90. The molecule has 0 N–H and O–H groups in total. The van der Waals surface area contributed by atoms with Crippen LogP contribution in [0.2, 0.25) is 0 Å². The number of amides is 2. The van der Waals surface area contributed by atoms with Crippen molar-refractivity contribution in [2.24, 2.45) is 0 Å². The molecular weight excluding hydrogens is 444 g/mol. The predicted molar refractivity (Wildman–Crippen MR) is 129 cm³/mol. The van der Waals surface area contributed by atoms with Crippen molar-refractivity contribution in [2.45, 2.75) is 38.5 Å². The van der Waals surface area contributed by atoms with Gasteiger partial charge in [-0.2, -0.15) is 5.10 Å². The van der Waals surface area contributed by atoms with Crippen LogP contribution in [0.5, 0.6) is 5.75 Å². The summed E-state index contributed by atoms with van der Waals surface area (Å²) >= 11 is 0. The third-order valence-corrected chi connectivity index (χ3v) is 7.29. The Morgan fingerprint density at radius 2 is 1.74 bits per heavy atom. The van der Waals surface area contributed by atoms with Crippen LogP contribution in [0.15, 0.2) is 30.6 Å². The maximum atomic E-state index is 13.5. The lowest BCUT2D eigenvalue weighted by Crippen LogP contribution is -2.50. The van der Waals surface area contributed by atoms with Gasteiger partial charge >= 0.3 is 0 Å². The molecule has 9 nitrogen and oxygen atoms in total. The molecule has 2 aromatic heterocycles. The first-order valence-electron chi connectivity index (χ1n) is 12.2. The first-order chi connectivity index (χ1) is 17.0. The highest BCUT2D eigenvalue weighted by atomic mass is 16.5. The maximum absolute atomic E-state index is 13.5. The molecule has 1 aliphatic heterocycles. The molecule has 35 heavy (non-hydrogen) atoms. The Hall–Kier alpha value is -3.75.